The molecule has 0 aliphatic carbocycles. The average Bonchev–Trinajstić information content (AvgIpc) is 2.28. The van der Waals surface area contributed by atoms with Gasteiger partial charge in [0.05, 0.1) is 12.1 Å². The van der Waals surface area contributed by atoms with Crippen molar-refractivity contribution in [3.63, 3.8) is 0 Å². The minimum Gasteiger partial charge on any atom is -0.507 e. The van der Waals surface area contributed by atoms with Crippen LogP contribution in [0.2, 0.25) is 0 Å². The molecule has 0 aromatic heterocycles. The molecule has 1 rings (SSSR count). The topological polar surface area (TPSA) is 69.6 Å². The smallest absolute Gasteiger partial charge is 0.255 e. The molecule has 0 unspecified atom stereocenters. The van der Waals surface area contributed by atoms with Gasteiger partial charge in [0.15, 0.2) is 0 Å². The zero-order valence-electron chi connectivity index (χ0n) is 10.2. The van der Waals surface area contributed by atoms with Gasteiger partial charge in [-0.15, -0.1) is 0 Å². The largest absolute Gasteiger partial charge is 0.507 e. The van der Waals surface area contributed by atoms with Crippen molar-refractivity contribution in [1.29, 1.82) is 0 Å². The summed E-state index contributed by atoms with van der Waals surface area (Å²) >= 11 is 0. The highest BCUT2D eigenvalue weighted by atomic mass is 16.3. The zero-order valence-corrected chi connectivity index (χ0v) is 10.2. The minimum absolute atomic E-state index is 0.0841. The Kier molecular flexibility index (Phi) is 4.09. The van der Waals surface area contributed by atoms with Crippen molar-refractivity contribution < 1.29 is 14.7 Å². The van der Waals surface area contributed by atoms with Crippen molar-refractivity contribution in [2.75, 3.05) is 20.6 Å². The van der Waals surface area contributed by atoms with Gasteiger partial charge >= 0.3 is 0 Å². The number of carbonyl (C=O) groups is 2. The van der Waals surface area contributed by atoms with Gasteiger partial charge in [-0.1, -0.05) is 11.6 Å². The third kappa shape index (κ3) is 3.48. The molecule has 0 atom stereocenters. The van der Waals surface area contributed by atoms with Crippen LogP contribution >= 0.6 is 0 Å². The number of nitrogens with one attached hydrogen (secondary N) is 1. The molecule has 0 aliphatic heterocycles. The van der Waals surface area contributed by atoms with Crippen molar-refractivity contribution in [1.82, 2.24) is 10.2 Å². The standard InChI is InChI=1S/C12H16N2O3/c1-8-4-5-10(15)9(6-8)12(17)13-7-11(16)14(2)3/h4-6,15H,7H2,1-3H3,(H,13,17). The van der Waals surface area contributed by atoms with Gasteiger partial charge < -0.3 is 15.3 Å². The van der Waals surface area contributed by atoms with Gasteiger partial charge in [-0.25, -0.2) is 0 Å². The molecule has 0 fully saturated rings. The summed E-state index contributed by atoms with van der Waals surface area (Å²) in [7, 11) is 3.22. The molecule has 0 saturated carbocycles. The van der Waals surface area contributed by atoms with E-state index in [1.807, 2.05) is 6.92 Å². The molecule has 0 radical (unpaired) electrons. The predicted molar refractivity (Wildman–Crippen MR) is 63.9 cm³/mol. The van der Waals surface area contributed by atoms with E-state index >= 15 is 0 Å². The fourth-order valence-electron chi connectivity index (χ4n) is 1.24. The second kappa shape index (κ2) is 5.34. The number of rotatable bonds is 3. The van der Waals surface area contributed by atoms with Gasteiger partial charge in [-0.2, -0.15) is 0 Å². The zero-order chi connectivity index (χ0) is 13.0. The van der Waals surface area contributed by atoms with Crippen molar-refractivity contribution in [2.24, 2.45) is 0 Å². The lowest BCUT2D eigenvalue weighted by Crippen LogP contribution is -2.36. The van der Waals surface area contributed by atoms with E-state index in [0.717, 1.165) is 5.56 Å². The van der Waals surface area contributed by atoms with Crippen LogP contribution in [0.4, 0.5) is 0 Å². The van der Waals surface area contributed by atoms with Crippen LogP contribution in [0.3, 0.4) is 0 Å². The highest BCUT2D eigenvalue weighted by Crippen LogP contribution is 2.17. The number of amides is 2. The predicted octanol–water partition coefficient (Wildman–Crippen LogP) is 0.519. The molecule has 0 saturated heterocycles. The number of hydrogen-bond acceptors (Lipinski definition) is 3. The SMILES string of the molecule is Cc1ccc(O)c(C(=O)NCC(=O)N(C)C)c1. The van der Waals surface area contributed by atoms with Gasteiger partial charge in [0.2, 0.25) is 5.91 Å². The van der Waals surface area contributed by atoms with E-state index < -0.39 is 5.91 Å². The highest BCUT2D eigenvalue weighted by Gasteiger charge is 2.12. The van der Waals surface area contributed by atoms with Crippen LogP contribution in [0.5, 0.6) is 5.75 Å². The Morgan fingerprint density at radius 3 is 2.59 bits per heavy atom. The monoisotopic (exact) mass is 236 g/mol. The normalized spacial score (nSPS) is 9.82. The van der Waals surface area contributed by atoms with Crippen LogP contribution in [0, 0.1) is 6.92 Å². The first-order chi connectivity index (χ1) is 7.91. The van der Waals surface area contributed by atoms with Crippen LogP contribution in [0.15, 0.2) is 18.2 Å². The number of nitrogens with zero attached hydrogens (tertiary/aromatic N) is 1. The molecule has 0 bridgehead atoms. The molecule has 5 nitrogen and oxygen atoms in total. The number of phenolic OH excluding ortho intramolecular Hbond substituents is 1. The van der Waals surface area contributed by atoms with Gasteiger partial charge in [0, 0.05) is 14.1 Å². The number of aromatic hydroxyl groups is 1. The Balaban J connectivity index is 2.70. The van der Waals surface area contributed by atoms with E-state index in [1.165, 1.54) is 11.0 Å². The fraction of sp³-hybridized carbons (Fsp3) is 0.333. The molecule has 2 amide bonds. The first-order valence-corrected chi connectivity index (χ1v) is 5.20. The first-order valence-electron chi connectivity index (χ1n) is 5.20. The van der Waals surface area contributed by atoms with Gasteiger partial charge in [0.25, 0.3) is 5.91 Å². The summed E-state index contributed by atoms with van der Waals surface area (Å²) in [5.74, 6) is -0.753. The second-order valence-corrected chi connectivity index (χ2v) is 3.99. The Bertz CT molecular complexity index is 441. The Hall–Kier alpha value is -2.04. The van der Waals surface area contributed by atoms with Crippen molar-refractivity contribution >= 4 is 11.8 Å². The number of phenols is 1. The Morgan fingerprint density at radius 1 is 1.35 bits per heavy atom. The van der Waals surface area contributed by atoms with Crippen molar-refractivity contribution in [3.8, 4) is 5.75 Å². The second-order valence-electron chi connectivity index (χ2n) is 3.99. The number of carbonyl (C=O) groups excluding carboxylic acids is 2. The van der Waals surface area contributed by atoms with E-state index in [1.54, 1.807) is 26.2 Å². The molecule has 2 N–H and O–H groups in total. The number of hydrogen-bond donors (Lipinski definition) is 2. The third-order valence-electron chi connectivity index (χ3n) is 2.30. The summed E-state index contributed by atoms with van der Waals surface area (Å²) in [5.41, 5.74) is 1.04. The van der Waals surface area contributed by atoms with Crippen LogP contribution < -0.4 is 5.32 Å². The molecule has 92 valence electrons. The molecular formula is C12H16N2O3. The van der Waals surface area contributed by atoms with Crippen LogP contribution in [-0.4, -0.2) is 42.5 Å². The fourth-order valence-corrected chi connectivity index (χ4v) is 1.24. The third-order valence-corrected chi connectivity index (χ3v) is 2.30. The maximum atomic E-state index is 11.7. The summed E-state index contributed by atoms with van der Waals surface area (Å²) in [6, 6.07) is 4.74. The van der Waals surface area contributed by atoms with Gasteiger partial charge in [-0.3, -0.25) is 9.59 Å². The maximum Gasteiger partial charge on any atom is 0.255 e. The summed E-state index contributed by atoms with van der Waals surface area (Å²) < 4.78 is 0. The minimum atomic E-state index is -0.457. The summed E-state index contributed by atoms with van der Waals surface area (Å²) in [6.45, 7) is 1.74. The molecule has 1 aromatic carbocycles. The van der Waals surface area contributed by atoms with Crippen LogP contribution in [0.1, 0.15) is 15.9 Å². The Morgan fingerprint density at radius 2 is 2.00 bits per heavy atom. The van der Waals surface area contributed by atoms with Gasteiger partial charge in [0.1, 0.15) is 5.75 Å². The molecule has 17 heavy (non-hydrogen) atoms. The van der Waals surface area contributed by atoms with Crippen LogP contribution in [-0.2, 0) is 4.79 Å². The maximum absolute atomic E-state index is 11.7. The molecule has 5 heteroatoms. The summed E-state index contributed by atoms with van der Waals surface area (Å²) in [5, 5.41) is 12.0. The summed E-state index contributed by atoms with van der Waals surface area (Å²) in [6.07, 6.45) is 0. The van der Waals surface area contributed by atoms with E-state index in [9.17, 15) is 14.7 Å². The lowest BCUT2D eigenvalue weighted by molar-refractivity contribution is -0.127. The quantitative estimate of drug-likeness (QED) is 0.803. The number of benzene rings is 1. The molecule has 0 aliphatic rings. The van der Waals surface area contributed by atoms with E-state index in [2.05, 4.69) is 5.32 Å². The van der Waals surface area contributed by atoms with E-state index in [-0.39, 0.29) is 23.8 Å². The van der Waals surface area contributed by atoms with E-state index in [0.29, 0.717) is 0 Å². The lowest BCUT2D eigenvalue weighted by atomic mass is 10.1. The van der Waals surface area contributed by atoms with Crippen LogP contribution in [0.25, 0.3) is 0 Å². The average molecular weight is 236 g/mol. The van der Waals surface area contributed by atoms with E-state index in [4.69, 9.17) is 0 Å². The van der Waals surface area contributed by atoms with Crippen molar-refractivity contribution in [3.05, 3.63) is 29.3 Å². The molecular weight excluding hydrogens is 220 g/mol. The first kappa shape index (κ1) is 13.0. The van der Waals surface area contributed by atoms with Gasteiger partial charge in [-0.05, 0) is 19.1 Å². The Labute approximate surface area is 100 Å². The molecule has 0 heterocycles. The molecule has 1 aromatic rings. The lowest BCUT2D eigenvalue weighted by Gasteiger charge is -2.11. The summed E-state index contributed by atoms with van der Waals surface area (Å²) in [4.78, 5) is 24.4. The number of aryl methyl sites for hydroxylation is 1. The number of likely N-dealkylation sites (N-methyl/N-ethyl adjacent to an activating group) is 1. The highest BCUT2D eigenvalue weighted by molar-refractivity contribution is 5.98. The van der Waals surface area contributed by atoms with Crippen molar-refractivity contribution in [2.45, 2.75) is 6.92 Å². The molecule has 0 spiro atoms.